The molecular weight excluding hydrogens is 1110 g/mol. The molecule has 0 fully saturated rings. The molecule has 0 aliphatic rings. The van der Waals surface area contributed by atoms with E-state index in [4.69, 9.17) is 21.2 Å². The normalized spacial score (nSPS) is 12.7. The number of benzene rings is 10. The van der Waals surface area contributed by atoms with Gasteiger partial charge in [0, 0.05) is 16.8 Å². The minimum Gasteiger partial charge on any atom is -0.501 e. The van der Waals surface area contributed by atoms with E-state index in [0.717, 1.165) is 94.0 Å². The largest absolute Gasteiger partial charge is 3.00 e. The number of hydrogen-bond acceptors (Lipinski definition) is 2. The van der Waals surface area contributed by atoms with Crippen molar-refractivity contribution in [1.29, 1.82) is 0 Å². The summed E-state index contributed by atoms with van der Waals surface area (Å²) in [7, 11) is 0. The van der Waals surface area contributed by atoms with Crippen molar-refractivity contribution in [1.82, 2.24) is 14.5 Å². The van der Waals surface area contributed by atoms with E-state index in [0.29, 0.717) is 29.2 Å². The smallest absolute Gasteiger partial charge is 0.501 e. The number of para-hydroxylation sites is 6. The molecule has 0 saturated heterocycles. The third kappa shape index (κ3) is 8.83. The fourth-order valence-electron chi connectivity index (χ4n) is 10.9. The summed E-state index contributed by atoms with van der Waals surface area (Å²) >= 11 is 0. The molecule has 0 N–H and O–H groups in total. The summed E-state index contributed by atoms with van der Waals surface area (Å²) in [6.45, 7) is 18.0. The SMILES string of the molecule is CC(C)c1cccc(C(C)C)c1-n1c(-c2[c-]cccc2)nc2ccccc21.[2H]c1c([2H])c([2H])c(-c2ccc3c(ccc4cc5c(cc43)oc3c(-c4[n-]c6ccccc6[n+]4-c4c(C(C)C)cccc4C(C)C)[c-]ccc35)c2)c([2H])c1[2H].[Ir+3]. The first kappa shape index (κ1) is 44.4. The van der Waals surface area contributed by atoms with Crippen LogP contribution in [0.5, 0.6) is 0 Å². The standard InChI is InChI=1S/C45H35N2O.C25H25N2.Ir/c1-27(2)33-14-10-15-34(28(3)4)43(33)47-41-19-9-8-18-40(41)46-45(47)37-17-11-16-36-39-25-32-21-20-31-24-30(29-12-6-5-7-13-29)22-23-35(31)38(32)26-42(39)48-44(36)37;1-17(2)20-13-10-14-21(18(3)4)24(20)27-23-16-9-8-15-22(23)26-25(27)19-11-6-5-7-12-19;/h5-16,18-28H,1-4H3;5-11,13-18H,1-4H3;/q2*-1;+3/i5D,6D,7D,12D,13D;;. The van der Waals surface area contributed by atoms with Crippen LogP contribution in [0.25, 0.3) is 111 Å². The minimum absolute atomic E-state index is 0. The number of fused-ring (bicyclic) bond motifs is 8. The zero-order valence-corrected chi connectivity index (χ0v) is 46.3. The Morgan fingerprint density at radius 3 is 1.92 bits per heavy atom. The van der Waals surface area contributed by atoms with Crippen LogP contribution in [0.2, 0.25) is 0 Å². The molecule has 0 amide bonds. The van der Waals surface area contributed by atoms with Gasteiger partial charge in [-0.2, -0.15) is 0 Å². The monoisotopic (exact) mass is 1170 g/mol. The second-order valence-corrected chi connectivity index (χ2v) is 20.8. The van der Waals surface area contributed by atoms with Crippen LogP contribution in [0, 0.1) is 12.1 Å². The number of imidazole rings is 2. The predicted molar refractivity (Wildman–Crippen MR) is 312 cm³/mol. The van der Waals surface area contributed by atoms with Crippen molar-refractivity contribution >= 4 is 65.6 Å². The Hall–Kier alpha value is -7.89. The molecule has 0 saturated carbocycles. The number of aromatic nitrogens is 4. The van der Waals surface area contributed by atoms with Gasteiger partial charge < -0.3 is 13.6 Å². The average molecular weight is 1170 g/mol. The summed E-state index contributed by atoms with van der Waals surface area (Å²) in [6.07, 6.45) is 0. The zero-order valence-electron chi connectivity index (χ0n) is 48.9. The minimum atomic E-state index is -0.399. The van der Waals surface area contributed by atoms with Crippen LogP contribution in [0.1, 0.15) is 108 Å². The molecule has 0 atom stereocenters. The van der Waals surface area contributed by atoms with Gasteiger partial charge in [0.15, 0.2) is 0 Å². The topological polar surface area (TPSA) is 48.9 Å². The van der Waals surface area contributed by atoms with Crippen LogP contribution in [0.15, 0.2) is 198 Å². The van der Waals surface area contributed by atoms with Gasteiger partial charge in [-0.1, -0.05) is 181 Å². The first-order valence-corrected chi connectivity index (χ1v) is 26.1. The fraction of sp³-hybridized carbons (Fsp3) is 0.171. The first-order chi connectivity index (χ1) is 38.6. The summed E-state index contributed by atoms with van der Waals surface area (Å²) in [6, 6.07) is 61.4. The molecule has 5 nitrogen and oxygen atoms in total. The van der Waals surface area contributed by atoms with Crippen LogP contribution in [0.3, 0.4) is 0 Å². The van der Waals surface area contributed by atoms with E-state index in [1.54, 1.807) is 0 Å². The van der Waals surface area contributed by atoms with Gasteiger partial charge in [-0.15, -0.1) is 54.1 Å². The van der Waals surface area contributed by atoms with Crippen LogP contribution < -0.4 is 9.55 Å². The molecule has 0 aliphatic carbocycles. The maximum Gasteiger partial charge on any atom is 3.00 e. The molecule has 0 unspecified atom stereocenters. The maximum absolute atomic E-state index is 8.49. The number of rotatable bonds is 9. The summed E-state index contributed by atoms with van der Waals surface area (Å²) < 4.78 is 52.7. The van der Waals surface area contributed by atoms with Gasteiger partial charge in [-0.3, -0.25) is 9.97 Å². The van der Waals surface area contributed by atoms with E-state index < -0.39 is 6.04 Å². The Bertz CT molecular complexity index is 4490. The second-order valence-electron chi connectivity index (χ2n) is 20.8. The molecular formula is C70H60IrN4O+. The molecule has 0 aliphatic heterocycles. The van der Waals surface area contributed by atoms with Crippen LogP contribution in [-0.2, 0) is 20.1 Å². The Balaban J connectivity index is 0.000000207. The van der Waals surface area contributed by atoms with Crippen LogP contribution in [-0.4, -0.2) is 9.55 Å². The van der Waals surface area contributed by atoms with E-state index >= 15 is 0 Å². The van der Waals surface area contributed by atoms with Gasteiger partial charge in [-0.25, -0.2) is 0 Å². The number of nitrogens with zero attached hydrogens (tertiary/aromatic N) is 4. The van der Waals surface area contributed by atoms with E-state index in [1.165, 1.54) is 27.9 Å². The molecule has 3 aromatic heterocycles. The Kier molecular flexibility index (Phi) is 12.1. The molecule has 6 heteroatoms. The Morgan fingerprint density at radius 2 is 1.22 bits per heavy atom. The molecule has 374 valence electrons. The fourth-order valence-corrected chi connectivity index (χ4v) is 10.9. The number of hydrogen-bond donors (Lipinski definition) is 0. The predicted octanol–water partition coefficient (Wildman–Crippen LogP) is 18.4. The summed E-state index contributed by atoms with van der Waals surface area (Å²) in [5.74, 6) is 3.16. The van der Waals surface area contributed by atoms with Gasteiger partial charge in [-0.05, 0) is 121 Å². The van der Waals surface area contributed by atoms with Crippen molar-refractivity contribution < 1.29 is 35.9 Å². The quantitative estimate of drug-likeness (QED) is 0.0822. The van der Waals surface area contributed by atoms with E-state index in [2.05, 4.69) is 186 Å². The van der Waals surface area contributed by atoms with Gasteiger partial charge in [0.2, 0.25) is 0 Å². The number of furan rings is 1. The maximum atomic E-state index is 8.49. The van der Waals surface area contributed by atoms with Crippen LogP contribution in [0.4, 0.5) is 0 Å². The molecule has 10 aromatic carbocycles. The Morgan fingerprint density at radius 1 is 0.566 bits per heavy atom. The van der Waals surface area contributed by atoms with Crippen molar-refractivity contribution in [3.05, 3.63) is 228 Å². The second kappa shape index (κ2) is 20.7. The van der Waals surface area contributed by atoms with Crippen molar-refractivity contribution in [3.63, 3.8) is 0 Å². The van der Waals surface area contributed by atoms with E-state index in [-0.39, 0.29) is 49.8 Å². The van der Waals surface area contributed by atoms with Gasteiger partial charge >= 0.3 is 20.1 Å². The average Bonchev–Trinajstić information content (AvgIpc) is 4.40. The zero-order chi connectivity index (χ0) is 55.8. The van der Waals surface area contributed by atoms with Crippen molar-refractivity contribution in [3.8, 4) is 45.3 Å². The van der Waals surface area contributed by atoms with E-state index in [1.807, 2.05) is 54.6 Å². The van der Waals surface area contributed by atoms with Gasteiger partial charge in [0.25, 0.3) is 0 Å². The third-order valence-corrected chi connectivity index (χ3v) is 14.6. The van der Waals surface area contributed by atoms with Crippen molar-refractivity contribution in [2.45, 2.75) is 79.1 Å². The molecule has 13 aromatic rings. The molecule has 0 radical (unpaired) electrons. The summed E-state index contributed by atoms with van der Waals surface area (Å²) in [4.78, 5) is 10.2. The van der Waals surface area contributed by atoms with Gasteiger partial charge in [0.1, 0.15) is 5.58 Å². The molecule has 3 heterocycles. The van der Waals surface area contributed by atoms with Crippen molar-refractivity contribution in [2.24, 2.45) is 0 Å². The van der Waals surface area contributed by atoms with Crippen molar-refractivity contribution in [2.75, 3.05) is 0 Å². The molecule has 0 bridgehead atoms. The van der Waals surface area contributed by atoms with Crippen LogP contribution >= 0.6 is 0 Å². The van der Waals surface area contributed by atoms with Gasteiger partial charge in [0.05, 0.1) is 46.2 Å². The molecule has 0 spiro atoms. The molecule has 13 rings (SSSR count). The summed E-state index contributed by atoms with van der Waals surface area (Å²) in [5, 5.41) is 5.87. The first-order valence-electron chi connectivity index (χ1n) is 28.6. The summed E-state index contributed by atoms with van der Waals surface area (Å²) in [5.41, 5.74) is 15.7. The molecule has 76 heavy (non-hydrogen) atoms. The van der Waals surface area contributed by atoms with E-state index in [9.17, 15) is 0 Å². The third-order valence-electron chi connectivity index (χ3n) is 14.6. The Labute approximate surface area is 466 Å².